The van der Waals surface area contributed by atoms with Crippen molar-refractivity contribution in [1.29, 1.82) is 0 Å². The maximum absolute atomic E-state index is 9.46. The standard InChI is InChI=1S/C8H8N4O/c1-12-8(10-5-11-12)7-6(13)3-2-4-9-7/h2-5,13H,1H3. The second-order valence-corrected chi connectivity index (χ2v) is 2.58. The number of nitrogens with zero attached hydrogens (tertiary/aromatic N) is 4. The van der Waals surface area contributed by atoms with E-state index in [0.29, 0.717) is 11.5 Å². The molecular weight excluding hydrogens is 168 g/mol. The Kier molecular flexibility index (Phi) is 1.70. The van der Waals surface area contributed by atoms with Crippen LogP contribution in [0.5, 0.6) is 5.75 Å². The van der Waals surface area contributed by atoms with Crippen LogP contribution in [0, 0.1) is 0 Å². The molecule has 0 bridgehead atoms. The Balaban J connectivity index is 2.59. The molecule has 2 rings (SSSR count). The van der Waals surface area contributed by atoms with Gasteiger partial charge in [0.25, 0.3) is 0 Å². The van der Waals surface area contributed by atoms with Gasteiger partial charge in [-0.05, 0) is 12.1 Å². The third-order valence-corrected chi connectivity index (χ3v) is 1.71. The zero-order valence-corrected chi connectivity index (χ0v) is 7.05. The van der Waals surface area contributed by atoms with E-state index in [1.807, 2.05) is 0 Å². The molecule has 5 nitrogen and oxygen atoms in total. The van der Waals surface area contributed by atoms with Crippen molar-refractivity contribution in [2.45, 2.75) is 0 Å². The minimum atomic E-state index is 0.110. The van der Waals surface area contributed by atoms with Crippen LogP contribution >= 0.6 is 0 Å². The quantitative estimate of drug-likeness (QED) is 0.690. The van der Waals surface area contributed by atoms with Crippen LogP contribution in [0.3, 0.4) is 0 Å². The van der Waals surface area contributed by atoms with E-state index in [1.54, 1.807) is 30.1 Å². The summed E-state index contributed by atoms with van der Waals surface area (Å²) in [6, 6.07) is 3.23. The molecule has 0 aliphatic rings. The van der Waals surface area contributed by atoms with Crippen LogP contribution in [0.25, 0.3) is 11.5 Å². The first-order valence-corrected chi connectivity index (χ1v) is 3.77. The van der Waals surface area contributed by atoms with Gasteiger partial charge in [0.2, 0.25) is 0 Å². The highest BCUT2D eigenvalue weighted by molar-refractivity contribution is 5.57. The fourth-order valence-electron chi connectivity index (χ4n) is 1.08. The molecule has 0 atom stereocenters. The van der Waals surface area contributed by atoms with E-state index in [4.69, 9.17) is 0 Å². The molecule has 0 aliphatic carbocycles. The monoisotopic (exact) mass is 176 g/mol. The predicted molar refractivity (Wildman–Crippen MR) is 45.9 cm³/mol. The molecule has 2 aromatic rings. The van der Waals surface area contributed by atoms with Crippen LogP contribution in [-0.4, -0.2) is 24.9 Å². The van der Waals surface area contributed by atoms with E-state index in [9.17, 15) is 5.11 Å². The molecule has 0 amide bonds. The lowest BCUT2D eigenvalue weighted by molar-refractivity contribution is 0.474. The third-order valence-electron chi connectivity index (χ3n) is 1.71. The van der Waals surface area contributed by atoms with Gasteiger partial charge in [-0.25, -0.2) is 14.6 Å². The Morgan fingerprint density at radius 2 is 2.23 bits per heavy atom. The first-order chi connectivity index (χ1) is 6.29. The van der Waals surface area contributed by atoms with E-state index in [0.717, 1.165) is 0 Å². The van der Waals surface area contributed by atoms with Crippen molar-refractivity contribution < 1.29 is 5.11 Å². The molecule has 0 aromatic carbocycles. The van der Waals surface area contributed by atoms with Crippen molar-refractivity contribution in [2.24, 2.45) is 7.05 Å². The summed E-state index contributed by atoms with van der Waals surface area (Å²) < 4.78 is 1.56. The van der Waals surface area contributed by atoms with Crippen molar-refractivity contribution >= 4 is 0 Å². The molecule has 0 aliphatic heterocycles. The van der Waals surface area contributed by atoms with Gasteiger partial charge < -0.3 is 5.11 Å². The average molecular weight is 176 g/mol. The molecule has 0 saturated carbocycles. The molecule has 0 fully saturated rings. The maximum atomic E-state index is 9.46. The molecule has 0 radical (unpaired) electrons. The highest BCUT2D eigenvalue weighted by atomic mass is 16.3. The highest BCUT2D eigenvalue weighted by Gasteiger charge is 2.09. The van der Waals surface area contributed by atoms with Crippen LogP contribution in [0.4, 0.5) is 0 Å². The van der Waals surface area contributed by atoms with Gasteiger partial charge in [0.1, 0.15) is 17.8 Å². The van der Waals surface area contributed by atoms with Gasteiger partial charge in [0, 0.05) is 13.2 Å². The summed E-state index contributed by atoms with van der Waals surface area (Å²) in [7, 11) is 1.75. The number of hydrogen-bond acceptors (Lipinski definition) is 4. The topological polar surface area (TPSA) is 63.8 Å². The molecule has 1 N–H and O–H groups in total. The number of rotatable bonds is 1. The lowest BCUT2D eigenvalue weighted by Gasteiger charge is -2.00. The molecule has 0 saturated heterocycles. The van der Waals surface area contributed by atoms with Gasteiger partial charge in [-0.15, -0.1) is 0 Å². The number of aromatic nitrogens is 4. The zero-order chi connectivity index (χ0) is 9.26. The van der Waals surface area contributed by atoms with E-state index >= 15 is 0 Å². The summed E-state index contributed by atoms with van der Waals surface area (Å²) in [6.45, 7) is 0. The molecule has 2 aromatic heterocycles. The average Bonchev–Trinajstić information content (AvgIpc) is 2.52. The molecule has 2 heterocycles. The van der Waals surface area contributed by atoms with Crippen molar-refractivity contribution in [1.82, 2.24) is 19.7 Å². The van der Waals surface area contributed by atoms with Crippen LogP contribution in [-0.2, 0) is 7.05 Å². The van der Waals surface area contributed by atoms with Gasteiger partial charge in [0.15, 0.2) is 5.82 Å². The summed E-state index contributed by atoms with van der Waals surface area (Å²) in [6.07, 6.45) is 3.02. The number of aryl methyl sites for hydroxylation is 1. The second-order valence-electron chi connectivity index (χ2n) is 2.58. The van der Waals surface area contributed by atoms with Crippen LogP contribution < -0.4 is 0 Å². The Morgan fingerprint density at radius 3 is 2.85 bits per heavy atom. The zero-order valence-electron chi connectivity index (χ0n) is 7.05. The van der Waals surface area contributed by atoms with Gasteiger partial charge in [-0.2, -0.15) is 5.10 Å². The minimum absolute atomic E-state index is 0.110. The molecule has 66 valence electrons. The molecule has 13 heavy (non-hydrogen) atoms. The van der Waals surface area contributed by atoms with Gasteiger partial charge in [0.05, 0.1) is 0 Å². The van der Waals surface area contributed by atoms with Crippen molar-refractivity contribution in [3.63, 3.8) is 0 Å². The Labute approximate surface area is 74.7 Å². The lowest BCUT2D eigenvalue weighted by atomic mass is 10.3. The summed E-state index contributed by atoms with van der Waals surface area (Å²) in [5, 5.41) is 13.4. The predicted octanol–water partition coefficient (Wildman–Crippen LogP) is 0.583. The SMILES string of the molecule is Cn1ncnc1-c1ncccc1O. The summed E-state index contributed by atoms with van der Waals surface area (Å²) in [5.74, 6) is 0.664. The third kappa shape index (κ3) is 1.24. The van der Waals surface area contributed by atoms with Gasteiger partial charge in [-0.1, -0.05) is 0 Å². The largest absolute Gasteiger partial charge is 0.506 e. The second kappa shape index (κ2) is 2.85. The van der Waals surface area contributed by atoms with Gasteiger partial charge >= 0.3 is 0 Å². The highest BCUT2D eigenvalue weighted by Crippen LogP contribution is 2.22. The Bertz CT molecular complexity index is 424. The number of hydrogen-bond donors (Lipinski definition) is 1. The molecule has 0 spiro atoms. The smallest absolute Gasteiger partial charge is 0.180 e. The lowest BCUT2D eigenvalue weighted by Crippen LogP contribution is -1.96. The molecule has 5 heteroatoms. The fraction of sp³-hybridized carbons (Fsp3) is 0.125. The van der Waals surface area contributed by atoms with Crippen LogP contribution in [0.15, 0.2) is 24.7 Å². The Hall–Kier alpha value is -1.91. The van der Waals surface area contributed by atoms with E-state index in [1.165, 1.54) is 6.33 Å². The number of pyridine rings is 1. The first-order valence-electron chi connectivity index (χ1n) is 3.77. The van der Waals surface area contributed by atoms with Crippen molar-refractivity contribution in [2.75, 3.05) is 0 Å². The molecule has 0 unspecified atom stereocenters. The number of aromatic hydroxyl groups is 1. The summed E-state index contributed by atoms with van der Waals surface area (Å²) >= 11 is 0. The van der Waals surface area contributed by atoms with E-state index < -0.39 is 0 Å². The van der Waals surface area contributed by atoms with Crippen molar-refractivity contribution in [3.05, 3.63) is 24.7 Å². The van der Waals surface area contributed by atoms with Crippen LogP contribution in [0.1, 0.15) is 0 Å². The summed E-state index contributed by atoms with van der Waals surface area (Å²) in [5.41, 5.74) is 0.447. The van der Waals surface area contributed by atoms with E-state index in [-0.39, 0.29) is 5.75 Å². The van der Waals surface area contributed by atoms with Crippen LogP contribution in [0.2, 0.25) is 0 Å². The fourth-order valence-corrected chi connectivity index (χ4v) is 1.08. The minimum Gasteiger partial charge on any atom is -0.506 e. The maximum Gasteiger partial charge on any atom is 0.180 e. The summed E-state index contributed by atoms with van der Waals surface area (Å²) in [4.78, 5) is 7.98. The Morgan fingerprint density at radius 1 is 1.38 bits per heavy atom. The van der Waals surface area contributed by atoms with Crippen molar-refractivity contribution in [3.8, 4) is 17.3 Å². The first kappa shape index (κ1) is 7.72. The van der Waals surface area contributed by atoms with E-state index in [2.05, 4.69) is 15.1 Å². The van der Waals surface area contributed by atoms with Gasteiger partial charge in [-0.3, -0.25) is 0 Å². The normalized spacial score (nSPS) is 10.2. The molecular formula is C8H8N4O.